The smallest absolute Gasteiger partial charge is 0.397 e. The largest absolute Gasteiger partial charge is 0.410 e. The second-order valence-corrected chi connectivity index (χ2v) is 8.57. The van der Waals surface area contributed by atoms with Crippen LogP contribution in [0.25, 0.3) is 30.9 Å². The Balaban J connectivity index is 1.74. The zero-order valence-electron chi connectivity index (χ0n) is 15.3. The predicted octanol–water partition coefficient (Wildman–Crippen LogP) is 3.45. The van der Waals surface area contributed by atoms with Crippen LogP contribution in [0.2, 0.25) is 0 Å². The van der Waals surface area contributed by atoms with Crippen molar-refractivity contribution in [3.8, 4) is 15.6 Å². The number of carbonyl (C=O) groups excluding carboxylic acids is 1. The Morgan fingerprint density at radius 1 is 1.17 bits per heavy atom. The third-order valence-corrected chi connectivity index (χ3v) is 6.79. The Labute approximate surface area is 173 Å². The molecule has 8 nitrogen and oxygen atoms in total. The van der Waals surface area contributed by atoms with Gasteiger partial charge in [0.2, 0.25) is 11.0 Å². The summed E-state index contributed by atoms with van der Waals surface area (Å²) in [6.45, 7) is 2.68. The second kappa shape index (κ2) is 7.14. The first kappa shape index (κ1) is 18.1. The highest BCUT2D eigenvalue weighted by atomic mass is 32.1. The Morgan fingerprint density at radius 3 is 2.72 bits per heavy atom. The van der Waals surface area contributed by atoms with Crippen LogP contribution in [0.3, 0.4) is 0 Å². The number of thiophene rings is 2. The molecule has 4 N–H and O–H groups in total. The lowest BCUT2D eigenvalue weighted by Gasteiger charge is -2.27. The number of hydrogen-bond donors (Lipinski definition) is 2. The summed E-state index contributed by atoms with van der Waals surface area (Å²) in [6, 6.07) is 10.2. The van der Waals surface area contributed by atoms with Crippen molar-refractivity contribution in [2.45, 2.75) is 0 Å². The number of primary amides is 1. The first-order chi connectivity index (χ1) is 14.1. The molecule has 148 valence electrons. The molecule has 0 bridgehead atoms. The van der Waals surface area contributed by atoms with Crippen LogP contribution >= 0.6 is 22.7 Å². The highest BCUT2D eigenvalue weighted by molar-refractivity contribution is 7.23. The molecule has 1 fully saturated rings. The van der Waals surface area contributed by atoms with E-state index in [2.05, 4.69) is 23.1 Å². The van der Waals surface area contributed by atoms with Gasteiger partial charge in [0.1, 0.15) is 4.83 Å². The molecular weight excluding hydrogens is 410 g/mol. The van der Waals surface area contributed by atoms with Crippen molar-refractivity contribution in [1.29, 1.82) is 0 Å². The minimum Gasteiger partial charge on any atom is -0.397 e. The molecule has 1 saturated heterocycles. The highest BCUT2D eigenvalue weighted by Gasteiger charge is 2.24. The van der Waals surface area contributed by atoms with Crippen LogP contribution in [0.5, 0.6) is 5.06 Å². The fourth-order valence-electron chi connectivity index (χ4n) is 3.34. The van der Waals surface area contributed by atoms with Gasteiger partial charge in [-0.2, -0.15) is 0 Å². The van der Waals surface area contributed by atoms with E-state index in [-0.39, 0.29) is 5.06 Å². The summed E-state index contributed by atoms with van der Waals surface area (Å²) >= 11 is 2.83. The number of nitrogen functional groups attached to an aromatic ring is 1. The molecule has 29 heavy (non-hydrogen) atoms. The maximum atomic E-state index is 11.3. The van der Waals surface area contributed by atoms with Crippen molar-refractivity contribution in [3.63, 3.8) is 0 Å². The fourth-order valence-corrected chi connectivity index (χ4v) is 5.35. The zero-order chi connectivity index (χ0) is 20.0. The van der Waals surface area contributed by atoms with E-state index in [9.17, 15) is 4.79 Å². The van der Waals surface area contributed by atoms with Crippen LogP contribution in [0, 0.1) is 0 Å². The molecule has 0 atom stereocenters. The monoisotopic (exact) mass is 427 g/mol. The number of benzene rings is 1. The summed E-state index contributed by atoms with van der Waals surface area (Å²) in [5.41, 5.74) is 12.6. The van der Waals surface area contributed by atoms with Crippen molar-refractivity contribution < 1.29 is 14.3 Å². The van der Waals surface area contributed by atoms with Crippen LogP contribution < -0.4 is 21.1 Å². The van der Waals surface area contributed by atoms with Gasteiger partial charge < -0.3 is 25.8 Å². The summed E-state index contributed by atoms with van der Waals surface area (Å²) in [5, 5.41) is 2.05. The lowest BCUT2D eigenvalue weighted by Crippen LogP contribution is -2.37. The lowest BCUT2D eigenvalue weighted by atomic mass is 10.2. The van der Waals surface area contributed by atoms with E-state index >= 15 is 0 Å². The predicted molar refractivity (Wildman–Crippen MR) is 116 cm³/mol. The number of nitrogens with zero attached hydrogens (tertiary/aromatic N) is 3. The summed E-state index contributed by atoms with van der Waals surface area (Å²) in [4.78, 5) is 24.6. The van der Waals surface area contributed by atoms with Gasteiger partial charge in [-0.3, -0.25) is 0 Å². The molecule has 1 aromatic carbocycles. The molecule has 0 saturated carbocycles. The van der Waals surface area contributed by atoms with E-state index in [0.29, 0.717) is 48.2 Å². The SMILES string of the molecule is NC(=O)Oc1sc2nc(N3CCOCC3)nc(-c3cc4ccccc4s3)c2c1N. The van der Waals surface area contributed by atoms with Crippen molar-refractivity contribution in [3.05, 3.63) is 30.3 Å². The number of anilines is 2. The van der Waals surface area contributed by atoms with Gasteiger partial charge in [0.15, 0.2) is 0 Å². The molecule has 1 amide bonds. The fraction of sp³-hybridized carbons (Fsp3) is 0.211. The minimum atomic E-state index is -0.909. The van der Waals surface area contributed by atoms with Gasteiger partial charge in [-0.15, -0.1) is 11.3 Å². The van der Waals surface area contributed by atoms with E-state index < -0.39 is 6.09 Å². The van der Waals surface area contributed by atoms with E-state index in [0.717, 1.165) is 20.7 Å². The highest BCUT2D eigenvalue weighted by Crippen LogP contribution is 2.46. The molecule has 1 aliphatic rings. The van der Waals surface area contributed by atoms with Crippen LogP contribution in [0.15, 0.2) is 30.3 Å². The van der Waals surface area contributed by atoms with Crippen LogP contribution in [0.1, 0.15) is 0 Å². The number of nitrogens with two attached hydrogens (primary N) is 2. The van der Waals surface area contributed by atoms with Crippen molar-refractivity contribution in [1.82, 2.24) is 9.97 Å². The normalized spacial score (nSPS) is 14.6. The number of amides is 1. The topological polar surface area (TPSA) is 117 Å². The van der Waals surface area contributed by atoms with Gasteiger partial charge >= 0.3 is 6.09 Å². The van der Waals surface area contributed by atoms with E-state index in [1.165, 1.54) is 11.3 Å². The molecule has 0 spiro atoms. The van der Waals surface area contributed by atoms with E-state index in [4.69, 9.17) is 30.9 Å². The molecule has 10 heteroatoms. The maximum absolute atomic E-state index is 11.3. The molecule has 1 aliphatic heterocycles. The van der Waals surface area contributed by atoms with Gasteiger partial charge in [-0.25, -0.2) is 14.8 Å². The number of aromatic nitrogens is 2. The van der Waals surface area contributed by atoms with Gasteiger partial charge in [0.05, 0.1) is 34.9 Å². The molecule has 0 radical (unpaired) electrons. The molecule has 4 heterocycles. The first-order valence-electron chi connectivity index (χ1n) is 8.99. The van der Waals surface area contributed by atoms with Crippen molar-refractivity contribution >= 4 is 60.7 Å². The van der Waals surface area contributed by atoms with E-state index in [1.807, 2.05) is 12.1 Å². The number of hydrogen-bond acceptors (Lipinski definition) is 9. The Bertz CT molecular complexity index is 1200. The maximum Gasteiger partial charge on any atom is 0.410 e. The standard InChI is InChI=1S/C19H17N5O3S2/c20-14-13-15(12-9-10-3-1-2-4-11(10)28-12)22-19(24-5-7-26-8-6-24)23-16(13)29-17(14)27-18(21)25/h1-4,9H,5-8,20H2,(H2,21,25). The van der Waals surface area contributed by atoms with Crippen LogP contribution in [0.4, 0.5) is 16.4 Å². The van der Waals surface area contributed by atoms with E-state index in [1.54, 1.807) is 11.3 Å². The molecule has 3 aromatic heterocycles. The number of ether oxygens (including phenoxy) is 2. The van der Waals surface area contributed by atoms with Gasteiger partial charge in [0, 0.05) is 17.8 Å². The Hall–Kier alpha value is -2.95. The quantitative estimate of drug-likeness (QED) is 0.514. The number of morpholine rings is 1. The summed E-state index contributed by atoms with van der Waals surface area (Å²) in [5.74, 6) is 0.611. The summed E-state index contributed by atoms with van der Waals surface area (Å²) in [7, 11) is 0. The Morgan fingerprint density at radius 2 is 1.97 bits per heavy atom. The number of fused-ring (bicyclic) bond motifs is 2. The minimum absolute atomic E-state index is 0.239. The summed E-state index contributed by atoms with van der Waals surface area (Å²) in [6.07, 6.45) is -0.909. The van der Waals surface area contributed by atoms with Crippen molar-refractivity contribution in [2.24, 2.45) is 5.73 Å². The third-order valence-electron chi connectivity index (χ3n) is 4.69. The average molecular weight is 428 g/mol. The van der Waals surface area contributed by atoms with Crippen LogP contribution in [-0.2, 0) is 4.74 Å². The molecule has 4 aromatic rings. The number of rotatable bonds is 3. The number of carbonyl (C=O) groups is 1. The lowest BCUT2D eigenvalue weighted by molar-refractivity contribution is 0.122. The Kier molecular flexibility index (Phi) is 4.46. The van der Waals surface area contributed by atoms with Gasteiger partial charge in [-0.1, -0.05) is 29.5 Å². The molecule has 5 rings (SSSR count). The first-order valence-corrected chi connectivity index (χ1v) is 10.6. The summed E-state index contributed by atoms with van der Waals surface area (Å²) < 4.78 is 11.7. The third kappa shape index (κ3) is 3.24. The van der Waals surface area contributed by atoms with Crippen molar-refractivity contribution in [2.75, 3.05) is 36.9 Å². The molecule has 0 aliphatic carbocycles. The van der Waals surface area contributed by atoms with Gasteiger partial charge in [-0.05, 0) is 17.5 Å². The van der Waals surface area contributed by atoms with Gasteiger partial charge in [0.25, 0.3) is 0 Å². The molecule has 0 unspecified atom stereocenters. The van der Waals surface area contributed by atoms with Crippen LogP contribution in [-0.4, -0.2) is 42.4 Å². The second-order valence-electron chi connectivity index (χ2n) is 6.52. The zero-order valence-corrected chi connectivity index (χ0v) is 16.9. The average Bonchev–Trinajstić information content (AvgIpc) is 3.29. The molecular formula is C19H17N5O3S2.